The van der Waals surface area contributed by atoms with Crippen LogP contribution in [-0.4, -0.2) is 70.4 Å². The fourth-order valence-electron chi connectivity index (χ4n) is 7.42. The molecule has 0 radical (unpaired) electrons. The van der Waals surface area contributed by atoms with Crippen LogP contribution in [0.1, 0.15) is 82.8 Å². The summed E-state index contributed by atoms with van der Waals surface area (Å²) < 4.78 is 16.9. The number of piperidine rings is 1. The minimum Gasteiger partial charge on any atom is -0.497 e. The van der Waals surface area contributed by atoms with Crippen LogP contribution in [0, 0.1) is 24.7 Å². The third-order valence-corrected chi connectivity index (χ3v) is 9.72. The second-order valence-corrected chi connectivity index (χ2v) is 13.7. The number of aryl methyl sites for hydroxylation is 1. The lowest BCUT2D eigenvalue weighted by molar-refractivity contribution is -0.0275. The van der Waals surface area contributed by atoms with Crippen LogP contribution in [0.3, 0.4) is 0 Å². The number of nitrogens with zero attached hydrogens (tertiary/aromatic N) is 1. The van der Waals surface area contributed by atoms with E-state index < -0.39 is 17.0 Å². The maximum atomic E-state index is 13.1. The molecule has 1 saturated heterocycles. The van der Waals surface area contributed by atoms with Crippen LogP contribution in [-0.2, 0) is 16.0 Å². The van der Waals surface area contributed by atoms with Gasteiger partial charge >= 0.3 is 0 Å². The molecule has 252 valence electrons. The van der Waals surface area contributed by atoms with Crippen LogP contribution in [0.15, 0.2) is 27.8 Å². The smallest absolute Gasteiger partial charge is 0.253 e. The van der Waals surface area contributed by atoms with Crippen molar-refractivity contribution in [3.8, 4) is 5.75 Å². The Kier molecular flexibility index (Phi) is 13.7. The van der Waals surface area contributed by atoms with Crippen molar-refractivity contribution >= 4 is 11.4 Å². The number of methoxy groups -OCH3 is 2. The van der Waals surface area contributed by atoms with Crippen LogP contribution in [0.2, 0.25) is 0 Å². The van der Waals surface area contributed by atoms with E-state index >= 15 is 0 Å². The van der Waals surface area contributed by atoms with Crippen molar-refractivity contribution in [1.82, 2.24) is 5.32 Å². The molecule has 0 bridgehead atoms. The Hall–Kier alpha value is -2.46. The van der Waals surface area contributed by atoms with Crippen LogP contribution >= 0.6 is 0 Å². The number of anilines is 2. The zero-order valence-corrected chi connectivity index (χ0v) is 28.2. The lowest BCUT2D eigenvalue weighted by Crippen LogP contribution is -2.51. The fraction of sp³-hybridized carbons (Fsp3) is 0.722. The highest BCUT2D eigenvalue weighted by atomic mass is 16.5. The molecule has 45 heavy (non-hydrogen) atoms. The van der Waals surface area contributed by atoms with Gasteiger partial charge in [-0.25, -0.2) is 0 Å². The Labute approximate surface area is 269 Å². The number of nitrogens with one attached hydrogen (secondary N) is 2. The van der Waals surface area contributed by atoms with Gasteiger partial charge < -0.3 is 34.9 Å². The SMILES string of the molecule is COCCCO[C@@H](C(C)C)[C@@H]1CCCN(c2c(N[C@@H](CC3CCCCC3)[C@H](O)CNCc3cc(C)cc(OC)c3)c(=O)c2=O)C1. The first kappa shape index (κ1) is 35.4. The van der Waals surface area contributed by atoms with Crippen molar-refractivity contribution in [2.24, 2.45) is 17.8 Å². The first-order valence-electron chi connectivity index (χ1n) is 17.2. The van der Waals surface area contributed by atoms with E-state index in [-0.39, 0.29) is 18.1 Å². The van der Waals surface area contributed by atoms with Gasteiger partial charge in [0, 0.05) is 52.4 Å². The predicted octanol–water partition coefficient (Wildman–Crippen LogP) is 4.80. The van der Waals surface area contributed by atoms with Crippen molar-refractivity contribution in [2.45, 2.75) is 103 Å². The van der Waals surface area contributed by atoms with E-state index in [4.69, 9.17) is 14.2 Å². The molecule has 1 aliphatic heterocycles. The van der Waals surface area contributed by atoms with Crippen molar-refractivity contribution in [2.75, 3.05) is 57.3 Å². The molecule has 9 nitrogen and oxygen atoms in total. The molecule has 0 amide bonds. The number of hydrogen-bond acceptors (Lipinski definition) is 9. The Balaban J connectivity index is 1.45. The minimum atomic E-state index is -0.726. The van der Waals surface area contributed by atoms with Crippen molar-refractivity contribution in [3.05, 3.63) is 49.8 Å². The summed E-state index contributed by atoms with van der Waals surface area (Å²) in [6, 6.07) is 5.77. The highest BCUT2D eigenvalue weighted by Crippen LogP contribution is 2.33. The minimum absolute atomic E-state index is 0.0767. The number of rotatable bonds is 18. The van der Waals surface area contributed by atoms with Crippen LogP contribution in [0.5, 0.6) is 5.75 Å². The van der Waals surface area contributed by atoms with Gasteiger partial charge in [0.15, 0.2) is 0 Å². The first-order chi connectivity index (χ1) is 21.7. The van der Waals surface area contributed by atoms with Gasteiger partial charge in [0.2, 0.25) is 0 Å². The molecule has 3 N–H and O–H groups in total. The highest BCUT2D eigenvalue weighted by Gasteiger charge is 2.36. The maximum Gasteiger partial charge on any atom is 0.253 e. The Bertz CT molecular complexity index is 1250. The summed E-state index contributed by atoms with van der Waals surface area (Å²) in [6.45, 7) is 10.1. The van der Waals surface area contributed by atoms with Crippen LogP contribution < -0.4 is 31.1 Å². The molecule has 1 heterocycles. The molecule has 4 rings (SSSR count). The number of aliphatic hydroxyl groups is 1. The predicted molar refractivity (Wildman–Crippen MR) is 181 cm³/mol. The third kappa shape index (κ3) is 9.77. The molecule has 1 aliphatic carbocycles. The quantitative estimate of drug-likeness (QED) is 0.159. The Morgan fingerprint density at radius 3 is 2.49 bits per heavy atom. The van der Waals surface area contributed by atoms with Crippen molar-refractivity contribution in [3.63, 3.8) is 0 Å². The van der Waals surface area contributed by atoms with E-state index in [1.807, 2.05) is 19.1 Å². The second-order valence-electron chi connectivity index (χ2n) is 13.7. The van der Waals surface area contributed by atoms with Crippen LogP contribution in [0.25, 0.3) is 0 Å². The molecule has 2 fully saturated rings. The Morgan fingerprint density at radius 2 is 1.78 bits per heavy atom. The van der Waals surface area contributed by atoms with E-state index in [9.17, 15) is 14.7 Å². The summed E-state index contributed by atoms with van der Waals surface area (Å²) in [6.07, 6.45) is 8.86. The molecule has 0 spiro atoms. The van der Waals surface area contributed by atoms with Gasteiger partial charge in [-0.3, -0.25) is 9.59 Å². The van der Waals surface area contributed by atoms with Crippen molar-refractivity contribution < 1.29 is 19.3 Å². The monoisotopic (exact) mass is 627 g/mol. The van der Waals surface area contributed by atoms with E-state index in [0.29, 0.717) is 56.1 Å². The molecule has 1 saturated carbocycles. The van der Waals surface area contributed by atoms with Gasteiger partial charge in [0.25, 0.3) is 10.9 Å². The summed E-state index contributed by atoms with van der Waals surface area (Å²) >= 11 is 0. The van der Waals surface area contributed by atoms with Gasteiger partial charge in [-0.2, -0.15) is 0 Å². The molecule has 2 aromatic carbocycles. The third-order valence-electron chi connectivity index (χ3n) is 9.72. The average molecular weight is 628 g/mol. The summed E-state index contributed by atoms with van der Waals surface area (Å²) in [5.74, 6) is 1.91. The second kappa shape index (κ2) is 17.5. The molecule has 9 heteroatoms. The summed E-state index contributed by atoms with van der Waals surface area (Å²) in [4.78, 5) is 28.2. The lowest BCUT2D eigenvalue weighted by Gasteiger charge is -2.40. The normalized spacial score (nSPS) is 20.0. The number of ether oxygens (including phenoxy) is 3. The zero-order valence-electron chi connectivity index (χ0n) is 28.2. The molecule has 2 aromatic rings. The number of aliphatic hydroxyl groups excluding tert-OH is 1. The molecular formula is C36H57N3O6. The molecule has 4 atom stereocenters. The van der Waals surface area contributed by atoms with Crippen molar-refractivity contribution in [1.29, 1.82) is 0 Å². The molecule has 2 aliphatic rings. The molecular weight excluding hydrogens is 570 g/mol. The fourth-order valence-corrected chi connectivity index (χ4v) is 7.42. The average Bonchev–Trinajstić information content (AvgIpc) is 3.03. The maximum absolute atomic E-state index is 13.1. The summed E-state index contributed by atoms with van der Waals surface area (Å²) in [5, 5.41) is 18.3. The first-order valence-corrected chi connectivity index (χ1v) is 17.2. The van der Waals surface area contributed by atoms with E-state index in [1.54, 1.807) is 14.2 Å². The van der Waals surface area contributed by atoms with E-state index in [0.717, 1.165) is 61.9 Å². The van der Waals surface area contributed by atoms with E-state index in [2.05, 4.69) is 35.4 Å². The molecule has 0 unspecified atom stereocenters. The van der Waals surface area contributed by atoms with Gasteiger partial charge in [0.1, 0.15) is 17.1 Å². The lowest BCUT2D eigenvalue weighted by atomic mass is 9.83. The topological polar surface area (TPSA) is 109 Å². The zero-order chi connectivity index (χ0) is 32.3. The van der Waals surface area contributed by atoms with Gasteiger partial charge in [-0.1, -0.05) is 52.0 Å². The van der Waals surface area contributed by atoms with Gasteiger partial charge in [-0.05, 0) is 67.7 Å². The highest BCUT2D eigenvalue weighted by molar-refractivity contribution is 5.75. The standard InChI is InChI=1S/C36H57N3O6/c1-24(2)36(45-16-10-15-43-4)28-13-9-14-39(23-28)33-32(34(41)35(33)42)38-30(20-26-11-7-6-8-12-26)31(40)22-37-21-27-17-25(3)18-29(19-27)44-5/h17-19,24,26,28,30-31,36-38,40H,6-16,20-23H2,1-5H3/t28-,30+,31-,36+/m1/s1. The van der Waals surface area contributed by atoms with Gasteiger partial charge in [-0.15, -0.1) is 0 Å². The Morgan fingerprint density at radius 1 is 1.00 bits per heavy atom. The van der Waals surface area contributed by atoms with Crippen LogP contribution in [0.4, 0.5) is 11.4 Å². The largest absolute Gasteiger partial charge is 0.497 e. The van der Waals surface area contributed by atoms with E-state index in [1.165, 1.54) is 19.3 Å². The summed E-state index contributed by atoms with van der Waals surface area (Å²) in [5.41, 5.74) is 2.19. The van der Waals surface area contributed by atoms with Gasteiger partial charge in [0.05, 0.1) is 25.4 Å². The number of benzene rings is 1. The summed E-state index contributed by atoms with van der Waals surface area (Å²) in [7, 11) is 3.37. The number of hydrogen-bond donors (Lipinski definition) is 3. The molecule has 0 aromatic heterocycles.